The van der Waals surface area contributed by atoms with Gasteiger partial charge in [0, 0.05) is 25.0 Å². The van der Waals surface area contributed by atoms with Gasteiger partial charge in [-0.15, -0.1) is 11.3 Å². The Morgan fingerprint density at radius 1 is 1.53 bits per heavy atom. The number of thiazole rings is 1. The Balaban J connectivity index is 1.67. The van der Waals surface area contributed by atoms with Crippen LogP contribution in [0.15, 0.2) is 16.6 Å². The third-order valence-corrected chi connectivity index (χ3v) is 5.15. The van der Waals surface area contributed by atoms with Crippen molar-refractivity contribution in [3.8, 4) is 0 Å². The first-order valence-electron chi connectivity index (χ1n) is 6.40. The summed E-state index contributed by atoms with van der Waals surface area (Å²) in [4.78, 5) is 16.9. The zero-order valence-corrected chi connectivity index (χ0v) is 10.9. The first-order valence-corrected chi connectivity index (χ1v) is 7.28. The van der Waals surface area contributed by atoms with Gasteiger partial charge in [0.2, 0.25) is 5.91 Å². The fourth-order valence-electron chi connectivity index (χ4n) is 3.44. The molecule has 2 aliphatic rings. The van der Waals surface area contributed by atoms with Gasteiger partial charge in [-0.2, -0.15) is 4.99 Å². The van der Waals surface area contributed by atoms with Gasteiger partial charge in [0.15, 0.2) is 4.80 Å². The molecule has 1 aromatic rings. The largest absolute Gasteiger partial charge is 0.327 e. The molecule has 1 amide bonds. The van der Waals surface area contributed by atoms with E-state index in [2.05, 4.69) is 4.99 Å². The van der Waals surface area contributed by atoms with E-state index in [9.17, 15) is 4.79 Å². The Labute approximate surface area is 105 Å². The zero-order chi connectivity index (χ0) is 11.8. The second kappa shape index (κ2) is 4.41. The van der Waals surface area contributed by atoms with E-state index in [0.717, 1.165) is 16.6 Å². The number of fused-ring (bicyclic) bond motifs is 2. The zero-order valence-electron chi connectivity index (χ0n) is 10.1. The lowest BCUT2D eigenvalue weighted by Crippen LogP contribution is -2.17. The van der Waals surface area contributed by atoms with Gasteiger partial charge in [-0.05, 0) is 37.0 Å². The monoisotopic (exact) mass is 250 g/mol. The molecule has 0 saturated heterocycles. The fourth-order valence-corrected chi connectivity index (χ4v) is 4.18. The Morgan fingerprint density at radius 3 is 3.00 bits per heavy atom. The molecule has 0 N–H and O–H groups in total. The number of rotatable bonds is 2. The van der Waals surface area contributed by atoms with Crippen LogP contribution in [0.1, 0.15) is 32.1 Å². The van der Waals surface area contributed by atoms with Crippen LogP contribution in [0.2, 0.25) is 0 Å². The lowest BCUT2D eigenvalue weighted by Gasteiger charge is -2.19. The summed E-state index contributed by atoms with van der Waals surface area (Å²) in [5.74, 6) is 2.42. The van der Waals surface area contributed by atoms with Crippen LogP contribution in [0.25, 0.3) is 0 Å². The van der Waals surface area contributed by atoms with Gasteiger partial charge < -0.3 is 4.57 Å². The van der Waals surface area contributed by atoms with Gasteiger partial charge in [0.1, 0.15) is 0 Å². The minimum Gasteiger partial charge on any atom is -0.327 e. The minimum atomic E-state index is 0.0700. The lowest BCUT2D eigenvalue weighted by atomic mass is 9.86. The quantitative estimate of drug-likeness (QED) is 0.793. The van der Waals surface area contributed by atoms with Crippen molar-refractivity contribution in [1.82, 2.24) is 4.57 Å². The first-order chi connectivity index (χ1) is 8.22. The van der Waals surface area contributed by atoms with E-state index < -0.39 is 0 Å². The molecule has 1 heterocycles. The first kappa shape index (κ1) is 11.2. The van der Waals surface area contributed by atoms with E-state index in [0.29, 0.717) is 12.3 Å². The van der Waals surface area contributed by atoms with Crippen LogP contribution in [0.5, 0.6) is 0 Å². The summed E-state index contributed by atoms with van der Waals surface area (Å²) in [5.41, 5.74) is 0. The number of hydrogen-bond donors (Lipinski definition) is 0. The van der Waals surface area contributed by atoms with Crippen molar-refractivity contribution in [2.24, 2.45) is 29.8 Å². The Morgan fingerprint density at radius 2 is 2.41 bits per heavy atom. The van der Waals surface area contributed by atoms with Gasteiger partial charge in [-0.3, -0.25) is 4.79 Å². The lowest BCUT2D eigenvalue weighted by molar-refractivity contribution is -0.119. The molecule has 0 aromatic carbocycles. The molecule has 1 aromatic heterocycles. The minimum absolute atomic E-state index is 0.0700. The maximum atomic E-state index is 11.9. The van der Waals surface area contributed by atoms with Crippen molar-refractivity contribution < 1.29 is 4.79 Å². The second-order valence-electron chi connectivity index (χ2n) is 5.44. The highest BCUT2D eigenvalue weighted by atomic mass is 32.1. The van der Waals surface area contributed by atoms with E-state index in [1.807, 2.05) is 23.2 Å². The molecule has 2 bridgehead atoms. The Hall–Kier alpha value is -0.900. The number of aromatic nitrogens is 1. The summed E-state index contributed by atoms with van der Waals surface area (Å²) >= 11 is 1.53. The van der Waals surface area contributed by atoms with E-state index in [1.165, 1.54) is 37.0 Å². The second-order valence-corrected chi connectivity index (χ2v) is 6.31. The molecule has 3 unspecified atom stereocenters. The normalized spacial score (nSPS) is 32.3. The third kappa shape index (κ3) is 2.23. The molecular weight excluding hydrogens is 232 g/mol. The molecule has 0 aliphatic heterocycles. The molecule has 3 rings (SSSR count). The smallest absolute Gasteiger partial charge is 0.248 e. The predicted molar refractivity (Wildman–Crippen MR) is 67.4 cm³/mol. The van der Waals surface area contributed by atoms with Crippen molar-refractivity contribution >= 4 is 17.2 Å². The van der Waals surface area contributed by atoms with Gasteiger partial charge in [0.25, 0.3) is 0 Å². The van der Waals surface area contributed by atoms with Crippen LogP contribution in [0.4, 0.5) is 0 Å². The number of aryl methyl sites for hydroxylation is 1. The summed E-state index contributed by atoms with van der Waals surface area (Å²) in [7, 11) is 1.93. The summed E-state index contributed by atoms with van der Waals surface area (Å²) in [6, 6.07) is 0. The van der Waals surface area contributed by atoms with Gasteiger partial charge >= 0.3 is 0 Å². The van der Waals surface area contributed by atoms with E-state index in [4.69, 9.17) is 0 Å². The fraction of sp³-hybridized carbons (Fsp3) is 0.692. The van der Waals surface area contributed by atoms with Gasteiger partial charge in [-0.25, -0.2) is 0 Å². The molecule has 0 spiro atoms. The van der Waals surface area contributed by atoms with Crippen molar-refractivity contribution in [3.05, 3.63) is 16.4 Å². The topological polar surface area (TPSA) is 34.4 Å². The number of hydrogen-bond acceptors (Lipinski definition) is 2. The maximum absolute atomic E-state index is 11.9. The molecular formula is C13H18N2OS. The van der Waals surface area contributed by atoms with Crippen LogP contribution in [0.3, 0.4) is 0 Å². The molecule has 2 aliphatic carbocycles. The molecule has 2 saturated carbocycles. The van der Waals surface area contributed by atoms with E-state index >= 15 is 0 Å². The van der Waals surface area contributed by atoms with Crippen LogP contribution in [-0.4, -0.2) is 10.5 Å². The van der Waals surface area contributed by atoms with Crippen LogP contribution in [-0.2, 0) is 11.8 Å². The molecule has 17 heavy (non-hydrogen) atoms. The van der Waals surface area contributed by atoms with Crippen LogP contribution >= 0.6 is 11.3 Å². The van der Waals surface area contributed by atoms with Gasteiger partial charge in [0.05, 0.1) is 0 Å². The summed E-state index contributed by atoms with van der Waals surface area (Å²) in [6.45, 7) is 0. The number of nitrogens with zero attached hydrogens (tertiary/aromatic N) is 2. The summed E-state index contributed by atoms with van der Waals surface area (Å²) < 4.78 is 1.91. The molecule has 92 valence electrons. The van der Waals surface area contributed by atoms with Crippen molar-refractivity contribution in [1.29, 1.82) is 0 Å². The number of carbonyl (C=O) groups excluding carboxylic acids is 1. The molecule has 3 nitrogen and oxygen atoms in total. The molecule has 0 radical (unpaired) electrons. The standard InChI is InChI=1S/C13H18N2OS/c1-15-4-5-17-13(15)14-12(16)8-11-7-9-2-3-10(11)6-9/h4-5,9-11H,2-3,6-8H2,1H3. The number of carbonyl (C=O) groups is 1. The summed E-state index contributed by atoms with van der Waals surface area (Å²) in [6.07, 6.45) is 7.97. The van der Waals surface area contributed by atoms with Crippen molar-refractivity contribution in [2.75, 3.05) is 0 Å². The van der Waals surface area contributed by atoms with E-state index in [-0.39, 0.29) is 5.91 Å². The van der Waals surface area contributed by atoms with Crippen molar-refractivity contribution in [3.63, 3.8) is 0 Å². The van der Waals surface area contributed by atoms with E-state index in [1.54, 1.807) is 0 Å². The molecule has 2 fully saturated rings. The summed E-state index contributed by atoms with van der Waals surface area (Å²) in [5, 5.41) is 1.96. The highest BCUT2D eigenvalue weighted by molar-refractivity contribution is 7.07. The average Bonchev–Trinajstić information content (AvgIpc) is 2.96. The maximum Gasteiger partial charge on any atom is 0.248 e. The van der Waals surface area contributed by atoms with Crippen molar-refractivity contribution in [2.45, 2.75) is 32.1 Å². The predicted octanol–water partition coefficient (Wildman–Crippen LogP) is 2.34. The highest BCUT2D eigenvalue weighted by Crippen LogP contribution is 2.49. The average molecular weight is 250 g/mol. The molecule has 3 atom stereocenters. The molecule has 4 heteroatoms. The third-order valence-electron chi connectivity index (χ3n) is 4.30. The van der Waals surface area contributed by atoms with Crippen LogP contribution < -0.4 is 4.80 Å². The number of amides is 1. The van der Waals surface area contributed by atoms with Crippen LogP contribution in [0, 0.1) is 17.8 Å². The Bertz CT molecular complexity index is 488. The van der Waals surface area contributed by atoms with Gasteiger partial charge in [-0.1, -0.05) is 6.42 Å². The highest BCUT2D eigenvalue weighted by Gasteiger charge is 2.39. The Kier molecular flexibility index (Phi) is 2.90. The SMILES string of the molecule is Cn1ccsc1=NC(=O)CC1CC2CCC1C2.